The maximum absolute atomic E-state index is 11.9. The molecule has 0 aliphatic carbocycles. The molecule has 0 saturated carbocycles. The summed E-state index contributed by atoms with van der Waals surface area (Å²) in [6.45, 7) is 1.13. The van der Waals surface area contributed by atoms with E-state index in [0.717, 1.165) is 15.7 Å². The molecule has 21 heavy (non-hydrogen) atoms. The number of carbonyl (C=O) groups is 1. The van der Waals surface area contributed by atoms with E-state index < -0.39 is 0 Å². The molecule has 2 rings (SSSR count). The second-order valence-electron chi connectivity index (χ2n) is 4.40. The Hall–Kier alpha value is -1.27. The van der Waals surface area contributed by atoms with E-state index in [1.54, 1.807) is 12.1 Å². The summed E-state index contributed by atoms with van der Waals surface area (Å²) in [5.41, 5.74) is 0.574. The number of amides is 1. The van der Waals surface area contributed by atoms with E-state index in [1.165, 1.54) is 0 Å². The molecule has 0 heterocycles. The van der Waals surface area contributed by atoms with Crippen LogP contribution in [-0.2, 0) is 0 Å². The summed E-state index contributed by atoms with van der Waals surface area (Å²) in [6.07, 6.45) is 0.749. The van der Waals surface area contributed by atoms with E-state index in [-0.39, 0.29) is 5.91 Å². The van der Waals surface area contributed by atoms with E-state index >= 15 is 0 Å². The molecule has 0 radical (unpaired) electrons. The van der Waals surface area contributed by atoms with Crippen molar-refractivity contribution in [3.63, 3.8) is 0 Å². The zero-order valence-corrected chi connectivity index (χ0v) is 14.2. The molecule has 1 amide bonds. The summed E-state index contributed by atoms with van der Waals surface area (Å²) in [4.78, 5) is 11.9. The largest absolute Gasteiger partial charge is 0.494 e. The summed E-state index contributed by atoms with van der Waals surface area (Å²) in [6, 6.07) is 14.9. The van der Waals surface area contributed by atoms with Crippen molar-refractivity contribution in [3.8, 4) is 5.75 Å². The normalized spacial score (nSPS) is 10.2. The monoisotopic (exact) mass is 415 g/mol. The molecule has 0 bridgehead atoms. The summed E-state index contributed by atoms with van der Waals surface area (Å²) < 4.78 is 6.49. The van der Waals surface area contributed by atoms with Gasteiger partial charge in [-0.15, -0.1) is 0 Å². The topological polar surface area (TPSA) is 38.3 Å². The van der Waals surface area contributed by atoms with Gasteiger partial charge in [-0.25, -0.2) is 0 Å². The third kappa shape index (κ3) is 5.21. The molecule has 0 aliphatic heterocycles. The minimum absolute atomic E-state index is 0.118. The lowest BCUT2D eigenvalue weighted by atomic mass is 10.2. The number of nitrogens with one attached hydrogen (secondary N) is 1. The first-order chi connectivity index (χ1) is 10.2. The first-order valence-corrected chi connectivity index (χ1v) is 8.03. The highest BCUT2D eigenvalue weighted by Gasteiger charge is 2.07. The van der Waals surface area contributed by atoms with E-state index in [4.69, 9.17) is 16.3 Å². The summed E-state index contributed by atoms with van der Waals surface area (Å²) in [7, 11) is 0. The lowest BCUT2D eigenvalue weighted by Crippen LogP contribution is -2.25. The zero-order chi connectivity index (χ0) is 15.1. The third-order valence-corrected chi connectivity index (χ3v) is 4.37. The molecule has 0 unspecified atom stereocenters. The van der Waals surface area contributed by atoms with Gasteiger partial charge in [-0.3, -0.25) is 4.79 Å². The van der Waals surface area contributed by atoms with Crippen molar-refractivity contribution in [2.45, 2.75) is 6.42 Å². The third-order valence-electron chi connectivity index (χ3n) is 2.80. The Morgan fingerprint density at radius 3 is 2.67 bits per heavy atom. The van der Waals surface area contributed by atoms with Gasteiger partial charge in [0, 0.05) is 15.7 Å². The molecule has 2 aromatic rings. The van der Waals surface area contributed by atoms with Gasteiger partial charge in [-0.2, -0.15) is 0 Å². The van der Waals surface area contributed by atoms with Crippen LogP contribution in [0.5, 0.6) is 5.75 Å². The van der Waals surface area contributed by atoms with Gasteiger partial charge >= 0.3 is 0 Å². The van der Waals surface area contributed by atoms with Crippen LogP contribution in [0, 0.1) is 3.57 Å². The van der Waals surface area contributed by atoms with Crippen molar-refractivity contribution in [2.24, 2.45) is 0 Å². The van der Waals surface area contributed by atoms with Crippen molar-refractivity contribution >= 4 is 40.1 Å². The lowest BCUT2D eigenvalue weighted by molar-refractivity contribution is 0.0951. The van der Waals surface area contributed by atoms with Crippen LogP contribution in [0.3, 0.4) is 0 Å². The van der Waals surface area contributed by atoms with E-state index in [2.05, 4.69) is 27.9 Å². The van der Waals surface area contributed by atoms with E-state index in [9.17, 15) is 4.79 Å². The number of benzene rings is 2. The predicted molar refractivity (Wildman–Crippen MR) is 93.1 cm³/mol. The van der Waals surface area contributed by atoms with Crippen molar-refractivity contribution in [1.29, 1.82) is 0 Å². The maximum Gasteiger partial charge on any atom is 0.251 e. The Labute approximate surface area is 142 Å². The lowest BCUT2D eigenvalue weighted by Gasteiger charge is -2.08. The maximum atomic E-state index is 11.9. The molecule has 0 aliphatic rings. The van der Waals surface area contributed by atoms with Gasteiger partial charge in [0.2, 0.25) is 0 Å². The van der Waals surface area contributed by atoms with Crippen LogP contribution in [0.15, 0.2) is 48.5 Å². The first-order valence-electron chi connectivity index (χ1n) is 6.58. The molecule has 0 aromatic heterocycles. The Morgan fingerprint density at radius 1 is 1.19 bits per heavy atom. The second-order valence-corrected chi connectivity index (χ2v) is 5.97. The Morgan fingerprint density at radius 2 is 1.95 bits per heavy atom. The van der Waals surface area contributed by atoms with E-state index in [1.807, 2.05) is 36.4 Å². The Bertz CT molecular complexity index is 604. The predicted octanol–water partition coefficient (Wildman–Crippen LogP) is 4.14. The number of hydrogen-bond acceptors (Lipinski definition) is 2. The molecule has 0 saturated heterocycles. The molecular weight excluding hydrogens is 401 g/mol. The minimum Gasteiger partial charge on any atom is -0.494 e. The Balaban J connectivity index is 1.71. The summed E-state index contributed by atoms with van der Waals surface area (Å²) in [5.74, 6) is 0.723. The standard InChI is InChI=1S/C16H15ClINO2/c17-14-11-12(7-8-15(14)18)16(20)19-9-4-10-21-13-5-2-1-3-6-13/h1-3,5-8,11H,4,9-10H2,(H,19,20). The fourth-order valence-electron chi connectivity index (χ4n) is 1.72. The van der Waals surface area contributed by atoms with E-state index in [0.29, 0.717) is 23.7 Å². The fraction of sp³-hybridized carbons (Fsp3) is 0.188. The van der Waals surface area contributed by atoms with Crippen LogP contribution in [0.2, 0.25) is 5.02 Å². The molecular formula is C16H15ClINO2. The number of para-hydroxylation sites is 1. The average Bonchev–Trinajstić information content (AvgIpc) is 2.50. The minimum atomic E-state index is -0.118. The van der Waals surface area contributed by atoms with Gasteiger partial charge in [-0.05, 0) is 59.3 Å². The highest BCUT2D eigenvalue weighted by atomic mass is 127. The van der Waals surface area contributed by atoms with Crippen molar-refractivity contribution in [2.75, 3.05) is 13.2 Å². The molecule has 0 atom stereocenters. The van der Waals surface area contributed by atoms with Crippen molar-refractivity contribution < 1.29 is 9.53 Å². The fourth-order valence-corrected chi connectivity index (χ4v) is 2.24. The molecule has 1 N–H and O–H groups in total. The second kappa shape index (κ2) is 8.24. The highest BCUT2D eigenvalue weighted by Crippen LogP contribution is 2.19. The van der Waals surface area contributed by atoms with Gasteiger partial charge in [0.25, 0.3) is 5.91 Å². The molecule has 3 nitrogen and oxygen atoms in total. The summed E-state index contributed by atoms with van der Waals surface area (Å²) in [5, 5.41) is 3.45. The van der Waals surface area contributed by atoms with Crippen LogP contribution in [-0.4, -0.2) is 19.1 Å². The quantitative estimate of drug-likeness (QED) is 0.569. The van der Waals surface area contributed by atoms with Gasteiger partial charge in [0.1, 0.15) is 5.75 Å². The van der Waals surface area contributed by atoms with Crippen molar-refractivity contribution in [3.05, 3.63) is 62.7 Å². The van der Waals surface area contributed by atoms with Gasteiger partial charge in [0.15, 0.2) is 0 Å². The molecule has 0 spiro atoms. The van der Waals surface area contributed by atoms with Crippen LogP contribution >= 0.6 is 34.2 Å². The summed E-state index contributed by atoms with van der Waals surface area (Å²) >= 11 is 8.13. The number of carbonyl (C=O) groups excluding carboxylic acids is 1. The SMILES string of the molecule is O=C(NCCCOc1ccccc1)c1ccc(I)c(Cl)c1. The molecule has 0 fully saturated rings. The van der Waals surface area contributed by atoms with Crippen LogP contribution in [0.1, 0.15) is 16.8 Å². The average molecular weight is 416 g/mol. The molecule has 110 valence electrons. The van der Waals surface area contributed by atoms with Crippen LogP contribution < -0.4 is 10.1 Å². The van der Waals surface area contributed by atoms with Gasteiger partial charge in [-0.1, -0.05) is 29.8 Å². The number of rotatable bonds is 6. The number of halogens is 2. The van der Waals surface area contributed by atoms with Crippen molar-refractivity contribution in [1.82, 2.24) is 5.32 Å². The molecule has 5 heteroatoms. The zero-order valence-electron chi connectivity index (χ0n) is 11.3. The van der Waals surface area contributed by atoms with Crippen LogP contribution in [0.25, 0.3) is 0 Å². The smallest absolute Gasteiger partial charge is 0.251 e. The molecule has 2 aromatic carbocycles. The highest BCUT2D eigenvalue weighted by molar-refractivity contribution is 14.1. The van der Waals surface area contributed by atoms with Gasteiger partial charge < -0.3 is 10.1 Å². The van der Waals surface area contributed by atoms with Gasteiger partial charge in [0.05, 0.1) is 11.6 Å². The number of ether oxygens (including phenoxy) is 1. The first kappa shape index (κ1) is 16.1. The van der Waals surface area contributed by atoms with Crippen LogP contribution in [0.4, 0.5) is 0 Å². The Kier molecular flexibility index (Phi) is 6.32. The number of hydrogen-bond donors (Lipinski definition) is 1.